The molecule has 0 radical (unpaired) electrons. The van der Waals surface area contributed by atoms with E-state index in [2.05, 4.69) is 16.4 Å². The number of likely N-dealkylation sites (N-methyl/N-ethyl adjacent to an activating group) is 1. The largest absolute Gasteiger partial charge is 0.496 e. The third kappa shape index (κ3) is 5.37. The lowest BCUT2D eigenvalue weighted by Crippen LogP contribution is -2.29. The number of aliphatic hydroxyl groups is 1. The fourth-order valence-corrected chi connectivity index (χ4v) is 5.04. The van der Waals surface area contributed by atoms with E-state index in [0.29, 0.717) is 39.3 Å². The molecule has 0 saturated carbocycles. The van der Waals surface area contributed by atoms with Crippen LogP contribution in [-0.4, -0.2) is 67.5 Å². The normalized spacial score (nSPS) is 13.7. The first kappa shape index (κ1) is 27.2. The zero-order valence-electron chi connectivity index (χ0n) is 22.9. The number of carbonyl (C=O) groups excluding carboxylic acids is 1. The molecule has 206 valence electrons. The molecule has 0 aliphatic carbocycles. The number of aromatic nitrogens is 1. The van der Waals surface area contributed by atoms with Crippen LogP contribution in [0, 0.1) is 18.3 Å². The number of fused-ring (bicyclic) bond motifs is 1. The Morgan fingerprint density at radius 2 is 2.02 bits per heavy atom. The molecule has 1 aliphatic rings. The maximum Gasteiger partial charge on any atom is 0.253 e. The molecule has 1 saturated heterocycles. The molecule has 1 amide bonds. The van der Waals surface area contributed by atoms with Gasteiger partial charge in [-0.3, -0.25) is 9.78 Å². The summed E-state index contributed by atoms with van der Waals surface area (Å²) in [6.45, 7) is 3.53. The predicted octanol–water partition coefficient (Wildman–Crippen LogP) is 5.01. The number of hydrogen-bond donors (Lipinski definition) is 2. The Morgan fingerprint density at radius 3 is 2.75 bits per heavy atom. The van der Waals surface area contributed by atoms with Crippen LogP contribution in [0.1, 0.15) is 34.3 Å². The van der Waals surface area contributed by atoms with Gasteiger partial charge in [0.1, 0.15) is 23.1 Å². The van der Waals surface area contributed by atoms with Crippen molar-refractivity contribution in [2.45, 2.75) is 25.8 Å². The molecular weight excluding hydrogens is 508 g/mol. The van der Waals surface area contributed by atoms with Gasteiger partial charge < -0.3 is 29.2 Å². The minimum atomic E-state index is -0.217. The second-order valence-corrected chi connectivity index (χ2v) is 9.91. The lowest BCUT2D eigenvalue weighted by molar-refractivity contribution is 0.0766. The first-order valence-corrected chi connectivity index (χ1v) is 13.3. The number of amides is 1. The summed E-state index contributed by atoms with van der Waals surface area (Å²) < 4.78 is 17.5. The smallest absolute Gasteiger partial charge is 0.253 e. The van der Waals surface area contributed by atoms with Crippen molar-refractivity contribution in [2.24, 2.45) is 0 Å². The van der Waals surface area contributed by atoms with Gasteiger partial charge in [0.2, 0.25) is 0 Å². The van der Waals surface area contributed by atoms with E-state index in [1.165, 1.54) is 4.90 Å². The van der Waals surface area contributed by atoms with Crippen LogP contribution in [0.25, 0.3) is 33.6 Å². The van der Waals surface area contributed by atoms with Crippen molar-refractivity contribution < 1.29 is 23.8 Å². The van der Waals surface area contributed by atoms with Crippen LogP contribution in [-0.2, 0) is 4.74 Å². The number of pyridine rings is 1. The highest BCUT2D eigenvalue weighted by atomic mass is 16.5. The minimum absolute atomic E-state index is 0.115. The van der Waals surface area contributed by atoms with Gasteiger partial charge in [0.05, 0.1) is 30.5 Å². The van der Waals surface area contributed by atoms with Gasteiger partial charge in [0, 0.05) is 56.2 Å². The fraction of sp³-hybridized carbons (Fsp3) is 0.323. The second kappa shape index (κ2) is 11.8. The van der Waals surface area contributed by atoms with Crippen LogP contribution < -0.4 is 10.1 Å². The molecule has 5 rings (SSSR count). The number of hydrogen-bond acceptors (Lipinski definition) is 8. The Hall–Kier alpha value is -4.39. The zero-order valence-corrected chi connectivity index (χ0v) is 22.9. The number of nitrogens with one attached hydrogen (secondary N) is 1. The minimum Gasteiger partial charge on any atom is -0.496 e. The zero-order chi connectivity index (χ0) is 28.2. The molecule has 9 nitrogen and oxygen atoms in total. The standard InChI is InChI=1S/C31H32N4O5/c1-19-18-33-26-16-28(24-6-4-21(15-27(24)38-3)31(37)35(2)10-11-36)40-30(26)29(19)20-5-7-25(22(14-20)17-32)34-23-8-12-39-13-9-23/h4-7,14-16,18,23,34,36H,8-13H2,1-3H3. The van der Waals surface area contributed by atoms with Crippen LogP contribution in [0.15, 0.2) is 53.1 Å². The lowest BCUT2D eigenvalue weighted by Gasteiger charge is -2.24. The molecule has 0 bridgehead atoms. The molecule has 2 N–H and O–H groups in total. The van der Waals surface area contributed by atoms with Crippen molar-refractivity contribution in [3.05, 3.63) is 65.4 Å². The van der Waals surface area contributed by atoms with Gasteiger partial charge in [-0.1, -0.05) is 6.07 Å². The van der Waals surface area contributed by atoms with Gasteiger partial charge >= 0.3 is 0 Å². The molecule has 3 heterocycles. The Bertz CT molecular complexity index is 1580. The quantitative estimate of drug-likeness (QED) is 0.320. The van der Waals surface area contributed by atoms with Crippen LogP contribution in [0.5, 0.6) is 5.75 Å². The molecule has 40 heavy (non-hydrogen) atoms. The molecule has 2 aromatic heterocycles. The number of rotatable bonds is 8. The summed E-state index contributed by atoms with van der Waals surface area (Å²) in [5.41, 5.74) is 6.42. The van der Waals surface area contributed by atoms with Crippen LogP contribution in [0.2, 0.25) is 0 Å². The number of benzene rings is 2. The number of furan rings is 1. The summed E-state index contributed by atoms with van der Waals surface area (Å²) in [6.07, 6.45) is 3.61. The maximum absolute atomic E-state index is 12.7. The molecule has 0 unspecified atom stereocenters. The maximum atomic E-state index is 12.7. The van der Waals surface area contributed by atoms with E-state index in [1.54, 1.807) is 38.6 Å². The van der Waals surface area contributed by atoms with E-state index in [0.717, 1.165) is 48.4 Å². The number of anilines is 1. The first-order chi connectivity index (χ1) is 19.4. The number of ether oxygens (including phenoxy) is 2. The summed E-state index contributed by atoms with van der Waals surface area (Å²) in [5.74, 6) is 0.814. The van der Waals surface area contributed by atoms with Gasteiger partial charge in [0.15, 0.2) is 5.58 Å². The predicted molar refractivity (Wildman–Crippen MR) is 152 cm³/mol. The number of nitrogens with zero attached hydrogens (tertiary/aromatic N) is 3. The van der Waals surface area contributed by atoms with Crippen LogP contribution >= 0.6 is 0 Å². The lowest BCUT2D eigenvalue weighted by atomic mass is 9.98. The van der Waals surface area contributed by atoms with E-state index >= 15 is 0 Å². The summed E-state index contributed by atoms with van der Waals surface area (Å²) in [4.78, 5) is 18.8. The van der Waals surface area contributed by atoms with Crippen molar-refractivity contribution in [3.8, 4) is 34.3 Å². The average Bonchev–Trinajstić information content (AvgIpc) is 3.41. The van der Waals surface area contributed by atoms with E-state index in [-0.39, 0.29) is 25.1 Å². The van der Waals surface area contributed by atoms with E-state index in [1.807, 2.05) is 31.2 Å². The molecular formula is C31H32N4O5. The summed E-state index contributed by atoms with van der Waals surface area (Å²) in [6, 6.07) is 15.5. The van der Waals surface area contributed by atoms with E-state index in [4.69, 9.17) is 19.0 Å². The van der Waals surface area contributed by atoms with Gasteiger partial charge in [-0.25, -0.2) is 0 Å². The highest BCUT2D eigenvalue weighted by Crippen LogP contribution is 2.39. The van der Waals surface area contributed by atoms with Gasteiger partial charge in [-0.05, 0) is 61.2 Å². The summed E-state index contributed by atoms with van der Waals surface area (Å²) in [5, 5.41) is 22.6. The average molecular weight is 541 g/mol. The third-order valence-corrected chi connectivity index (χ3v) is 7.24. The fourth-order valence-electron chi connectivity index (χ4n) is 5.04. The summed E-state index contributed by atoms with van der Waals surface area (Å²) in [7, 11) is 3.18. The Kier molecular flexibility index (Phi) is 8.01. The van der Waals surface area contributed by atoms with Crippen molar-refractivity contribution in [3.63, 3.8) is 0 Å². The number of nitriles is 1. The molecule has 9 heteroatoms. The third-order valence-electron chi connectivity index (χ3n) is 7.24. The highest BCUT2D eigenvalue weighted by Gasteiger charge is 2.21. The van der Waals surface area contributed by atoms with Gasteiger partial charge in [0.25, 0.3) is 5.91 Å². The Morgan fingerprint density at radius 1 is 1.23 bits per heavy atom. The molecule has 0 spiro atoms. The SMILES string of the molecule is COc1cc(C(=O)N(C)CCO)ccc1-c1cc2ncc(C)c(-c3ccc(NC4CCOCC4)c(C#N)c3)c2o1. The number of aryl methyl sites for hydroxylation is 1. The Balaban J connectivity index is 1.52. The van der Waals surface area contributed by atoms with Gasteiger partial charge in [-0.15, -0.1) is 0 Å². The van der Waals surface area contributed by atoms with Crippen LogP contribution in [0.4, 0.5) is 5.69 Å². The van der Waals surface area contributed by atoms with Crippen molar-refractivity contribution in [1.82, 2.24) is 9.88 Å². The number of carbonyl (C=O) groups is 1. The molecule has 0 atom stereocenters. The first-order valence-electron chi connectivity index (χ1n) is 13.3. The molecule has 1 aliphatic heterocycles. The monoisotopic (exact) mass is 540 g/mol. The highest BCUT2D eigenvalue weighted by molar-refractivity contribution is 5.97. The van der Waals surface area contributed by atoms with Crippen LogP contribution in [0.3, 0.4) is 0 Å². The van der Waals surface area contributed by atoms with E-state index < -0.39 is 0 Å². The van der Waals surface area contributed by atoms with Crippen molar-refractivity contribution >= 4 is 22.7 Å². The summed E-state index contributed by atoms with van der Waals surface area (Å²) >= 11 is 0. The molecule has 4 aromatic rings. The van der Waals surface area contributed by atoms with Crippen molar-refractivity contribution in [2.75, 3.05) is 45.8 Å². The number of methoxy groups -OCH3 is 1. The topological polar surface area (TPSA) is 121 Å². The van der Waals surface area contributed by atoms with E-state index in [9.17, 15) is 10.1 Å². The van der Waals surface area contributed by atoms with Gasteiger partial charge in [-0.2, -0.15) is 5.26 Å². The Labute approximate surface area is 232 Å². The number of aliphatic hydroxyl groups excluding tert-OH is 1. The second-order valence-electron chi connectivity index (χ2n) is 9.91. The molecule has 2 aromatic carbocycles. The van der Waals surface area contributed by atoms with Crippen molar-refractivity contribution in [1.29, 1.82) is 5.26 Å². The molecule has 1 fully saturated rings.